The summed E-state index contributed by atoms with van der Waals surface area (Å²) < 4.78 is 15.3. The van der Waals surface area contributed by atoms with E-state index < -0.39 is 0 Å². The van der Waals surface area contributed by atoms with E-state index in [1.54, 1.807) is 16.8 Å². The molecule has 0 bridgehead atoms. The second kappa shape index (κ2) is 11.3. The van der Waals surface area contributed by atoms with Crippen molar-refractivity contribution < 1.29 is 9.18 Å². The van der Waals surface area contributed by atoms with Crippen LogP contribution < -0.4 is 0 Å². The molecule has 1 aliphatic rings. The lowest BCUT2D eigenvalue weighted by atomic mass is 9.96. The van der Waals surface area contributed by atoms with E-state index in [0.717, 1.165) is 29.9 Å². The summed E-state index contributed by atoms with van der Waals surface area (Å²) in [5.41, 5.74) is 6.33. The van der Waals surface area contributed by atoms with Gasteiger partial charge in [-0.25, -0.2) is 9.07 Å². The number of halogens is 1. The average molecular weight is 531 g/mol. The fourth-order valence-electron chi connectivity index (χ4n) is 5.41. The molecule has 1 aromatic heterocycles. The van der Waals surface area contributed by atoms with Crippen LogP contribution in [0.25, 0.3) is 16.9 Å². The minimum atomic E-state index is -0.305. The number of benzene rings is 4. The minimum Gasteiger partial charge on any atom is -0.335 e. The molecular weight excluding hydrogens is 499 g/mol. The molecule has 0 radical (unpaired) electrons. The van der Waals surface area contributed by atoms with E-state index in [1.807, 2.05) is 54.3 Å². The SMILES string of the molecule is Cc1ccc(-n2nc(-c3ccc(F)cc3)cc2C(=O)N2CCN(C(c3ccccc3)c3ccccc3)CC2)cc1. The molecule has 6 rings (SSSR count). The fraction of sp³-hybridized carbons (Fsp3) is 0.176. The van der Waals surface area contributed by atoms with Crippen LogP contribution in [0.3, 0.4) is 0 Å². The Labute approximate surface area is 234 Å². The third-order valence-corrected chi connectivity index (χ3v) is 7.54. The Morgan fingerprint density at radius 3 is 1.90 bits per heavy atom. The zero-order chi connectivity index (χ0) is 27.5. The highest BCUT2D eigenvalue weighted by Gasteiger charge is 2.30. The highest BCUT2D eigenvalue weighted by Crippen LogP contribution is 2.30. The van der Waals surface area contributed by atoms with Crippen molar-refractivity contribution >= 4 is 5.91 Å². The number of piperazine rings is 1. The number of amides is 1. The molecule has 1 fully saturated rings. The number of aryl methyl sites for hydroxylation is 1. The monoisotopic (exact) mass is 530 g/mol. The molecule has 0 atom stereocenters. The van der Waals surface area contributed by atoms with Gasteiger partial charge >= 0.3 is 0 Å². The van der Waals surface area contributed by atoms with Gasteiger partial charge in [0.2, 0.25) is 0 Å². The van der Waals surface area contributed by atoms with Gasteiger partial charge in [-0.05, 0) is 60.5 Å². The molecular formula is C34H31FN4O. The zero-order valence-electron chi connectivity index (χ0n) is 22.5. The van der Waals surface area contributed by atoms with E-state index in [2.05, 4.69) is 53.4 Å². The Hall–Kier alpha value is -4.55. The maximum absolute atomic E-state index is 14.0. The first-order chi connectivity index (χ1) is 19.6. The summed E-state index contributed by atoms with van der Waals surface area (Å²) in [6.07, 6.45) is 0. The van der Waals surface area contributed by atoms with Gasteiger partial charge in [-0.3, -0.25) is 9.69 Å². The summed E-state index contributed by atoms with van der Waals surface area (Å²) in [7, 11) is 0. The van der Waals surface area contributed by atoms with Crippen LogP contribution in [0, 0.1) is 12.7 Å². The quantitative estimate of drug-likeness (QED) is 0.251. The lowest BCUT2D eigenvalue weighted by Crippen LogP contribution is -2.50. The van der Waals surface area contributed by atoms with Crippen LogP contribution in [-0.2, 0) is 0 Å². The summed E-state index contributed by atoms with van der Waals surface area (Å²) in [6, 6.07) is 37.2. The average Bonchev–Trinajstić information content (AvgIpc) is 3.45. The first-order valence-corrected chi connectivity index (χ1v) is 13.6. The molecule has 0 N–H and O–H groups in total. The van der Waals surface area contributed by atoms with Crippen molar-refractivity contribution in [2.24, 2.45) is 0 Å². The molecule has 4 aromatic carbocycles. The number of hydrogen-bond acceptors (Lipinski definition) is 3. The number of carbonyl (C=O) groups excluding carboxylic acids is 1. The summed E-state index contributed by atoms with van der Waals surface area (Å²) in [5.74, 6) is -0.364. The van der Waals surface area contributed by atoms with Crippen molar-refractivity contribution in [1.82, 2.24) is 19.6 Å². The molecule has 0 aliphatic carbocycles. The van der Waals surface area contributed by atoms with Crippen LogP contribution in [0.5, 0.6) is 0 Å². The number of carbonyl (C=O) groups is 1. The number of rotatable bonds is 6. The van der Waals surface area contributed by atoms with Crippen LogP contribution in [0.2, 0.25) is 0 Å². The van der Waals surface area contributed by atoms with Crippen LogP contribution in [0.15, 0.2) is 115 Å². The van der Waals surface area contributed by atoms with E-state index in [4.69, 9.17) is 5.10 Å². The standard InChI is InChI=1S/C34H31FN4O/c1-25-12-18-30(19-13-25)39-32(24-31(36-39)26-14-16-29(35)17-15-26)34(40)38-22-20-37(21-23-38)33(27-8-4-2-5-9-27)28-10-6-3-7-11-28/h2-19,24,33H,20-23H2,1H3. The molecule has 1 saturated heterocycles. The van der Waals surface area contributed by atoms with Crippen molar-refractivity contribution in [1.29, 1.82) is 0 Å². The lowest BCUT2D eigenvalue weighted by Gasteiger charge is -2.39. The van der Waals surface area contributed by atoms with Crippen molar-refractivity contribution in [3.8, 4) is 16.9 Å². The van der Waals surface area contributed by atoms with Crippen molar-refractivity contribution in [3.05, 3.63) is 143 Å². The third-order valence-electron chi connectivity index (χ3n) is 7.54. The Morgan fingerprint density at radius 2 is 1.32 bits per heavy atom. The molecule has 0 spiro atoms. The third kappa shape index (κ3) is 5.31. The predicted molar refractivity (Wildman–Crippen MR) is 156 cm³/mol. The van der Waals surface area contributed by atoms with Crippen molar-refractivity contribution in [2.75, 3.05) is 26.2 Å². The molecule has 0 unspecified atom stereocenters. The molecule has 5 aromatic rings. The molecule has 200 valence electrons. The Morgan fingerprint density at radius 1 is 0.750 bits per heavy atom. The second-order valence-electron chi connectivity index (χ2n) is 10.2. The zero-order valence-corrected chi connectivity index (χ0v) is 22.5. The lowest BCUT2D eigenvalue weighted by molar-refractivity contribution is 0.0588. The first kappa shape index (κ1) is 25.7. The molecule has 1 aliphatic heterocycles. The van der Waals surface area contributed by atoms with Crippen LogP contribution in [-0.4, -0.2) is 51.7 Å². The number of hydrogen-bond donors (Lipinski definition) is 0. The second-order valence-corrected chi connectivity index (χ2v) is 10.2. The van der Waals surface area contributed by atoms with E-state index in [-0.39, 0.29) is 17.8 Å². The maximum atomic E-state index is 14.0. The normalized spacial score (nSPS) is 14.0. The predicted octanol–water partition coefficient (Wildman–Crippen LogP) is 6.53. The molecule has 2 heterocycles. The van der Waals surface area contributed by atoms with Crippen LogP contribution >= 0.6 is 0 Å². The Bertz CT molecular complexity index is 1530. The van der Waals surface area contributed by atoms with Gasteiger partial charge in [-0.1, -0.05) is 78.4 Å². The van der Waals surface area contributed by atoms with Gasteiger partial charge in [0.05, 0.1) is 17.4 Å². The number of nitrogens with zero attached hydrogens (tertiary/aromatic N) is 4. The Kier molecular flexibility index (Phi) is 7.25. The highest BCUT2D eigenvalue weighted by molar-refractivity contribution is 5.94. The first-order valence-electron chi connectivity index (χ1n) is 13.6. The molecule has 6 heteroatoms. The van der Waals surface area contributed by atoms with E-state index in [0.29, 0.717) is 24.5 Å². The van der Waals surface area contributed by atoms with Crippen molar-refractivity contribution in [3.63, 3.8) is 0 Å². The summed E-state index contributed by atoms with van der Waals surface area (Å²) in [6.45, 7) is 4.76. The van der Waals surface area contributed by atoms with E-state index in [1.165, 1.54) is 23.3 Å². The largest absolute Gasteiger partial charge is 0.335 e. The van der Waals surface area contributed by atoms with Gasteiger partial charge in [0.25, 0.3) is 5.91 Å². The molecule has 0 saturated carbocycles. The van der Waals surface area contributed by atoms with E-state index in [9.17, 15) is 9.18 Å². The highest BCUT2D eigenvalue weighted by atomic mass is 19.1. The van der Waals surface area contributed by atoms with Crippen LogP contribution in [0.1, 0.15) is 33.2 Å². The smallest absolute Gasteiger partial charge is 0.272 e. The van der Waals surface area contributed by atoms with E-state index >= 15 is 0 Å². The van der Waals surface area contributed by atoms with Gasteiger partial charge in [-0.2, -0.15) is 5.10 Å². The molecule has 5 nitrogen and oxygen atoms in total. The summed E-state index contributed by atoms with van der Waals surface area (Å²) in [5, 5.41) is 4.78. The van der Waals surface area contributed by atoms with Gasteiger partial charge in [0.1, 0.15) is 11.5 Å². The van der Waals surface area contributed by atoms with Gasteiger partial charge in [-0.15, -0.1) is 0 Å². The maximum Gasteiger partial charge on any atom is 0.272 e. The topological polar surface area (TPSA) is 41.4 Å². The van der Waals surface area contributed by atoms with Crippen LogP contribution in [0.4, 0.5) is 4.39 Å². The Balaban J connectivity index is 1.27. The summed E-state index contributed by atoms with van der Waals surface area (Å²) in [4.78, 5) is 18.3. The van der Waals surface area contributed by atoms with Gasteiger partial charge in [0.15, 0.2) is 0 Å². The van der Waals surface area contributed by atoms with Gasteiger partial charge < -0.3 is 4.90 Å². The summed E-state index contributed by atoms with van der Waals surface area (Å²) >= 11 is 0. The van der Waals surface area contributed by atoms with Gasteiger partial charge in [0, 0.05) is 31.7 Å². The minimum absolute atomic E-state index is 0.0583. The molecule has 40 heavy (non-hydrogen) atoms. The van der Waals surface area contributed by atoms with Crippen molar-refractivity contribution in [2.45, 2.75) is 13.0 Å². The molecule has 1 amide bonds. The fourth-order valence-corrected chi connectivity index (χ4v) is 5.41. The number of aromatic nitrogens is 2.